The number of nitrogens with one attached hydrogen (secondary N) is 1. The molecule has 1 aromatic carbocycles. The summed E-state index contributed by atoms with van der Waals surface area (Å²) >= 11 is 0. The van der Waals surface area contributed by atoms with E-state index in [-0.39, 0.29) is 11.8 Å². The Hall–Kier alpha value is -0.870. The van der Waals surface area contributed by atoms with Gasteiger partial charge in [0.25, 0.3) is 0 Å². The molecule has 0 spiro atoms. The van der Waals surface area contributed by atoms with E-state index >= 15 is 0 Å². The van der Waals surface area contributed by atoms with Gasteiger partial charge in [0.05, 0.1) is 10.6 Å². The van der Waals surface area contributed by atoms with Crippen LogP contribution in [0.4, 0.5) is 0 Å². The normalized spacial score (nSPS) is 13.8. The van der Waals surface area contributed by atoms with Gasteiger partial charge in [-0.15, -0.1) is 0 Å². The number of hydrogen-bond acceptors (Lipinski definition) is 3. The van der Waals surface area contributed by atoms with Gasteiger partial charge < -0.3 is 5.32 Å². The molecule has 0 amide bonds. The highest BCUT2D eigenvalue weighted by Gasteiger charge is 2.17. The second-order valence-corrected chi connectivity index (χ2v) is 7.00. The molecule has 0 saturated carbocycles. The van der Waals surface area contributed by atoms with E-state index in [2.05, 4.69) is 19.2 Å². The summed E-state index contributed by atoms with van der Waals surface area (Å²) in [5.41, 5.74) is 1.16. The van der Waals surface area contributed by atoms with Crippen molar-refractivity contribution in [3.05, 3.63) is 29.8 Å². The molecule has 1 unspecified atom stereocenters. The Balaban J connectivity index is 2.85. The first-order chi connectivity index (χ1) is 8.36. The van der Waals surface area contributed by atoms with Crippen LogP contribution in [-0.4, -0.2) is 26.8 Å². The topological polar surface area (TPSA) is 46.2 Å². The molecule has 0 heterocycles. The lowest BCUT2D eigenvalue weighted by molar-refractivity contribution is 0.566. The molecule has 1 aromatic rings. The van der Waals surface area contributed by atoms with Gasteiger partial charge in [-0.3, -0.25) is 0 Å². The van der Waals surface area contributed by atoms with Crippen molar-refractivity contribution < 1.29 is 8.42 Å². The average Bonchev–Trinajstić information content (AvgIpc) is 2.28. The minimum atomic E-state index is -3.19. The summed E-state index contributed by atoms with van der Waals surface area (Å²) in [6.07, 6.45) is 0. The van der Waals surface area contributed by atoms with Gasteiger partial charge in [-0.2, -0.15) is 0 Å². The van der Waals surface area contributed by atoms with Crippen LogP contribution in [0, 0.1) is 0 Å². The summed E-state index contributed by atoms with van der Waals surface area (Å²) < 4.78 is 24.3. The molecule has 0 aromatic heterocycles. The van der Waals surface area contributed by atoms with Crippen LogP contribution >= 0.6 is 0 Å². The van der Waals surface area contributed by atoms with E-state index in [0.29, 0.717) is 10.8 Å². The van der Waals surface area contributed by atoms with Crippen molar-refractivity contribution in [3.8, 4) is 0 Å². The highest BCUT2D eigenvalue weighted by Crippen LogP contribution is 2.18. The quantitative estimate of drug-likeness (QED) is 0.863. The predicted molar refractivity (Wildman–Crippen MR) is 75.7 cm³/mol. The molecule has 0 fully saturated rings. The fourth-order valence-electron chi connectivity index (χ4n) is 1.89. The van der Waals surface area contributed by atoms with E-state index < -0.39 is 9.84 Å². The lowest BCUT2D eigenvalue weighted by Crippen LogP contribution is -2.32. The van der Waals surface area contributed by atoms with Gasteiger partial charge in [-0.1, -0.05) is 32.9 Å². The maximum Gasteiger partial charge on any atom is 0.179 e. The second-order valence-electron chi connectivity index (χ2n) is 4.96. The van der Waals surface area contributed by atoms with Crippen molar-refractivity contribution in [3.63, 3.8) is 0 Å². The molecule has 1 rings (SSSR count). The van der Waals surface area contributed by atoms with E-state index in [1.165, 1.54) is 0 Å². The number of hydrogen-bond donors (Lipinski definition) is 1. The summed E-state index contributed by atoms with van der Waals surface area (Å²) in [6, 6.07) is 7.20. The van der Waals surface area contributed by atoms with E-state index in [0.717, 1.165) is 12.1 Å². The van der Waals surface area contributed by atoms with Gasteiger partial charge in [-0.05, 0) is 37.1 Å². The van der Waals surface area contributed by atoms with Crippen molar-refractivity contribution in [2.24, 2.45) is 0 Å². The Morgan fingerprint density at radius 3 is 2.11 bits per heavy atom. The average molecular weight is 269 g/mol. The molecule has 0 radical (unpaired) electrons. The zero-order valence-corrected chi connectivity index (χ0v) is 12.4. The van der Waals surface area contributed by atoms with E-state index in [9.17, 15) is 8.42 Å². The van der Waals surface area contributed by atoms with Crippen molar-refractivity contribution in [1.29, 1.82) is 0 Å². The third-order valence-corrected chi connectivity index (χ3v) is 4.86. The number of sulfone groups is 1. The van der Waals surface area contributed by atoms with Crippen LogP contribution in [0.15, 0.2) is 29.2 Å². The molecule has 0 aliphatic rings. The molecule has 1 atom stereocenters. The SMILES string of the molecule is CCNC(C)CS(=O)(=O)c1ccc(C(C)C)cc1. The zero-order chi connectivity index (χ0) is 13.8. The molecular weight excluding hydrogens is 246 g/mol. The molecule has 0 aliphatic carbocycles. The first kappa shape index (κ1) is 15.2. The highest BCUT2D eigenvalue weighted by atomic mass is 32.2. The Morgan fingerprint density at radius 2 is 1.67 bits per heavy atom. The van der Waals surface area contributed by atoms with E-state index in [1.807, 2.05) is 26.0 Å². The smallest absolute Gasteiger partial charge is 0.179 e. The summed E-state index contributed by atoms with van der Waals surface area (Å²) in [4.78, 5) is 0.414. The van der Waals surface area contributed by atoms with Crippen molar-refractivity contribution in [2.75, 3.05) is 12.3 Å². The zero-order valence-electron chi connectivity index (χ0n) is 11.6. The lowest BCUT2D eigenvalue weighted by Gasteiger charge is -2.13. The van der Waals surface area contributed by atoms with Crippen LogP contribution in [0.2, 0.25) is 0 Å². The Kier molecular flexibility index (Phi) is 5.35. The van der Waals surface area contributed by atoms with Crippen LogP contribution in [0.3, 0.4) is 0 Å². The molecule has 0 saturated heterocycles. The highest BCUT2D eigenvalue weighted by molar-refractivity contribution is 7.91. The molecular formula is C14H23NO2S. The van der Waals surface area contributed by atoms with Crippen LogP contribution in [0.25, 0.3) is 0 Å². The second kappa shape index (κ2) is 6.34. The standard InChI is InChI=1S/C14H23NO2S/c1-5-15-12(4)10-18(16,17)14-8-6-13(7-9-14)11(2)3/h6-9,11-12,15H,5,10H2,1-4H3. The van der Waals surface area contributed by atoms with Gasteiger partial charge in [0.15, 0.2) is 9.84 Å². The first-order valence-electron chi connectivity index (χ1n) is 6.43. The van der Waals surface area contributed by atoms with Gasteiger partial charge >= 0.3 is 0 Å². The number of rotatable bonds is 6. The summed E-state index contributed by atoms with van der Waals surface area (Å²) in [7, 11) is -3.19. The molecule has 102 valence electrons. The third kappa shape index (κ3) is 4.10. The van der Waals surface area contributed by atoms with Crippen molar-refractivity contribution in [1.82, 2.24) is 5.32 Å². The fraction of sp³-hybridized carbons (Fsp3) is 0.571. The largest absolute Gasteiger partial charge is 0.314 e. The molecule has 18 heavy (non-hydrogen) atoms. The fourth-order valence-corrected chi connectivity index (χ4v) is 3.41. The van der Waals surface area contributed by atoms with Gasteiger partial charge in [0.1, 0.15) is 0 Å². The van der Waals surface area contributed by atoms with Crippen LogP contribution < -0.4 is 5.32 Å². The van der Waals surface area contributed by atoms with E-state index in [1.54, 1.807) is 12.1 Å². The van der Waals surface area contributed by atoms with Crippen LogP contribution in [0.1, 0.15) is 39.2 Å². The lowest BCUT2D eigenvalue weighted by atomic mass is 10.0. The van der Waals surface area contributed by atoms with E-state index in [4.69, 9.17) is 0 Å². The minimum Gasteiger partial charge on any atom is -0.314 e. The Bertz CT molecular complexity index is 463. The first-order valence-corrected chi connectivity index (χ1v) is 8.08. The molecule has 1 N–H and O–H groups in total. The Morgan fingerprint density at radius 1 is 1.11 bits per heavy atom. The monoisotopic (exact) mass is 269 g/mol. The van der Waals surface area contributed by atoms with Gasteiger partial charge in [0.2, 0.25) is 0 Å². The minimum absolute atomic E-state index is 0.0234. The van der Waals surface area contributed by atoms with Crippen molar-refractivity contribution >= 4 is 9.84 Å². The maximum absolute atomic E-state index is 12.2. The maximum atomic E-state index is 12.2. The van der Waals surface area contributed by atoms with Crippen LogP contribution in [0.5, 0.6) is 0 Å². The molecule has 3 nitrogen and oxygen atoms in total. The predicted octanol–water partition coefficient (Wildman–Crippen LogP) is 2.58. The van der Waals surface area contributed by atoms with Crippen LogP contribution in [-0.2, 0) is 9.84 Å². The third-order valence-electron chi connectivity index (χ3n) is 2.93. The molecule has 0 aliphatic heterocycles. The van der Waals surface area contributed by atoms with Gasteiger partial charge in [-0.25, -0.2) is 8.42 Å². The Labute approximate surface area is 111 Å². The summed E-state index contributed by atoms with van der Waals surface area (Å²) in [5.74, 6) is 0.560. The summed E-state index contributed by atoms with van der Waals surface area (Å²) in [5, 5.41) is 3.12. The van der Waals surface area contributed by atoms with Crippen molar-refractivity contribution in [2.45, 2.75) is 44.6 Å². The molecule has 0 bridgehead atoms. The summed E-state index contributed by atoms with van der Waals surface area (Å²) in [6.45, 7) is 8.83. The number of benzene rings is 1. The van der Waals surface area contributed by atoms with Gasteiger partial charge in [0, 0.05) is 6.04 Å². The molecule has 4 heteroatoms.